The standard InChI is InChI=1S/C12H18N2/c1-9(2)8-12(14-13)11-7-5-4-6-10(11)3/h4-7,12,14H,1,8,13H2,2-3H3. The normalized spacial score (nSPS) is 12.5. The Morgan fingerprint density at radius 2 is 2.14 bits per heavy atom. The van der Waals surface area contributed by atoms with E-state index < -0.39 is 0 Å². The Morgan fingerprint density at radius 1 is 1.50 bits per heavy atom. The number of rotatable bonds is 4. The number of hydrazine groups is 1. The van der Waals surface area contributed by atoms with Crippen molar-refractivity contribution in [1.82, 2.24) is 5.43 Å². The van der Waals surface area contributed by atoms with Crippen molar-refractivity contribution in [3.63, 3.8) is 0 Å². The zero-order chi connectivity index (χ0) is 10.6. The van der Waals surface area contributed by atoms with Crippen molar-refractivity contribution in [3.05, 3.63) is 47.5 Å². The lowest BCUT2D eigenvalue weighted by molar-refractivity contribution is 0.548. The molecule has 0 aliphatic heterocycles. The van der Waals surface area contributed by atoms with E-state index in [-0.39, 0.29) is 6.04 Å². The number of aryl methyl sites for hydroxylation is 1. The van der Waals surface area contributed by atoms with Gasteiger partial charge in [0.05, 0.1) is 0 Å². The smallest absolute Gasteiger partial charge is 0.0499 e. The molecular formula is C12H18N2. The van der Waals surface area contributed by atoms with E-state index in [1.807, 2.05) is 19.1 Å². The highest BCUT2D eigenvalue weighted by Gasteiger charge is 2.10. The molecule has 1 rings (SSSR count). The van der Waals surface area contributed by atoms with Gasteiger partial charge in [-0.05, 0) is 31.4 Å². The maximum Gasteiger partial charge on any atom is 0.0499 e. The van der Waals surface area contributed by atoms with Crippen molar-refractivity contribution in [3.8, 4) is 0 Å². The third kappa shape index (κ3) is 2.69. The number of nitrogens with two attached hydrogens (primary N) is 1. The van der Waals surface area contributed by atoms with E-state index >= 15 is 0 Å². The van der Waals surface area contributed by atoms with Crippen LogP contribution in [0.1, 0.15) is 30.5 Å². The van der Waals surface area contributed by atoms with Crippen molar-refractivity contribution in [2.45, 2.75) is 26.3 Å². The quantitative estimate of drug-likeness (QED) is 0.435. The summed E-state index contributed by atoms with van der Waals surface area (Å²) in [6, 6.07) is 8.44. The molecule has 0 amide bonds. The van der Waals surface area contributed by atoms with E-state index in [2.05, 4.69) is 31.1 Å². The van der Waals surface area contributed by atoms with E-state index in [9.17, 15) is 0 Å². The topological polar surface area (TPSA) is 38.0 Å². The van der Waals surface area contributed by atoms with Crippen LogP contribution in [-0.2, 0) is 0 Å². The van der Waals surface area contributed by atoms with E-state index in [4.69, 9.17) is 5.84 Å². The molecule has 0 saturated heterocycles. The number of hydrogen-bond acceptors (Lipinski definition) is 2. The average molecular weight is 190 g/mol. The average Bonchev–Trinajstić information content (AvgIpc) is 2.15. The largest absolute Gasteiger partial charge is 0.271 e. The van der Waals surface area contributed by atoms with Crippen LogP contribution >= 0.6 is 0 Å². The first-order valence-electron chi connectivity index (χ1n) is 4.81. The number of hydrogen-bond donors (Lipinski definition) is 2. The molecule has 0 bridgehead atoms. The first-order valence-corrected chi connectivity index (χ1v) is 4.81. The molecule has 76 valence electrons. The van der Waals surface area contributed by atoms with Gasteiger partial charge in [-0.3, -0.25) is 11.3 Å². The van der Waals surface area contributed by atoms with Gasteiger partial charge in [-0.25, -0.2) is 0 Å². The summed E-state index contributed by atoms with van der Waals surface area (Å²) in [4.78, 5) is 0. The van der Waals surface area contributed by atoms with Crippen molar-refractivity contribution >= 4 is 0 Å². The van der Waals surface area contributed by atoms with Crippen LogP contribution in [0.3, 0.4) is 0 Å². The Labute approximate surface area is 85.8 Å². The first-order chi connectivity index (χ1) is 6.65. The third-order valence-corrected chi connectivity index (χ3v) is 2.32. The minimum Gasteiger partial charge on any atom is -0.271 e. The fraction of sp³-hybridized carbons (Fsp3) is 0.333. The van der Waals surface area contributed by atoms with Gasteiger partial charge in [-0.15, -0.1) is 6.58 Å². The second-order valence-electron chi connectivity index (χ2n) is 3.74. The van der Waals surface area contributed by atoms with E-state index in [1.165, 1.54) is 11.1 Å². The Balaban J connectivity index is 2.89. The molecule has 3 N–H and O–H groups in total. The predicted octanol–water partition coefficient (Wildman–Crippen LogP) is 2.47. The summed E-state index contributed by atoms with van der Waals surface area (Å²) < 4.78 is 0. The lowest BCUT2D eigenvalue weighted by Gasteiger charge is -2.18. The maximum atomic E-state index is 5.53. The Hall–Kier alpha value is -1.12. The van der Waals surface area contributed by atoms with Crippen LogP contribution in [0.4, 0.5) is 0 Å². The lowest BCUT2D eigenvalue weighted by Crippen LogP contribution is -2.28. The van der Waals surface area contributed by atoms with Crippen molar-refractivity contribution in [2.24, 2.45) is 5.84 Å². The lowest BCUT2D eigenvalue weighted by atomic mass is 9.97. The third-order valence-electron chi connectivity index (χ3n) is 2.32. The minimum absolute atomic E-state index is 0.175. The van der Waals surface area contributed by atoms with Crippen molar-refractivity contribution in [1.29, 1.82) is 0 Å². The zero-order valence-electron chi connectivity index (χ0n) is 8.88. The van der Waals surface area contributed by atoms with Crippen LogP contribution in [0.15, 0.2) is 36.4 Å². The zero-order valence-corrected chi connectivity index (χ0v) is 8.88. The summed E-state index contributed by atoms with van der Waals surface area (Å²) in [5.41, 5.74) is 6.47. The molecule has 0 aliphatic carbocycles. The molecule has 0 aromatic heterocycles. The van der Waals surface area contributed by atoms with Gasteiger partial charge in [0.2, 0.25) is 0 Å². The van der Waals surface area contributed by atoms with Crippen molar-refractivity contribution < 1.29 is 0 Å². The Morgan fingerprint density at radius 3 is 2.64 bits per heavy atom. The SMILES string of the molecule is C=C(C)CC(NN)c1ccccc1C. The van der Waals surface area contributed by atoms with Crippen LogP contribution in [-0.4, -0.2) is 0 Å². The molecule has 2 nitrogen and oxygen atoms in total. The van der Waals surface area contributed by atoms with Gasteiger partial charge in [0, 0.05) is 6.04 Å². The molecule has 1 atom stereocenters. The van der Waals surface area contributed by atoms with Crippen LogP contribution in [0.2, 0.25) is 0 Å². The van der Waals surface area contributed by atoms with Crippen LogP contribution in [0, 0.1) is 6.92 Å². The van der Waals surface area contributed by atoms with E-state index in [1.54, 1.807) is 0 Å². The molecule has 0 spiro atoms. The van der Waals surface area contributed by atoms with Crippen LogP contribution in [0.5, 0.6) is 0 Å². The monoisotopic (exact) mass is 190 g/mol. The molecule has 0 aliphatic rings. The van der Waals surface area contributed by atoms with Gasteiger partial charge in [0.15, 0.2) is 0 Å². The molecule has 0 radical (unpaired) electrons. The summed E-state index contributed by atoms with van der Waals surface area (Å²) in [6.07, 6.45) is 0.876. The van der Waals surface area contributed by atoms with Gasteiger partial charge < -0.3 is 0 Å². The molecule has 0 heterocycles. The summed E-state index contributed by atoms with van der Waals surface area (Å²) in [6.45, 7) is 8.01. The Kier molecular flexibility index (Phi) is 3.86. The molecule has 1 aromatic carbocycles. The molecule has 14 heavy (non-hydrogen) atoms. The van der Waals surface area contributed by atoms with Gasteiger partial charge in [0.1, 0.15) is 0 Å². The highest BCUT2D eigenvalue weighted by molar-refractivity contribution is 5.29. The predicted molar refractivity (Wildman–Crippen MR) is 60.7 cm³/mol. The fourth-order valence-electron chi connectivity index (χ4n) is 1.58. The van der Waals surface area contributed by atoms with E-state index in [0.29, 0.717) is 0 Å². The number of benzene rings is 1. The fourth-order valence-corrected chi connectivity index (χ4v) is 1.58. The molecular weight excluding hydrogens is 172 g/mol. The highest BCUT2D eigenvalue weighted by Crippen LogP contribution is 2.22. The molecule has 0 saturated carbocycles. The summed E-state index contributed by atoms with van der Waals surface area (Å²) in [7, 11) is 0. The summed E-state index contributed by atoms with van der Waals surface area (Å²) in [5.74, 6) is 5.53. The second-order valence-corrected chi connectivity index (χ2v) is 3.74. The van der Waals surface area contributed by atoms with E-state index in [0.717, 1.165) is 12.0 Å². The first kappa shape index (κ1) is 11.0. The van der Waals surface area contributed by atoms with Crippen molar-refractivity contribution in [2.75, 3.05) is 0 Å². The van der Waals surface area contributed by atoms with Crippen LogP contribution in [0.25, 0.3) is 0 Å². The number of nitrogens with one attached hydrogen (secondary N) is 1. The molecule has 1 aromatic rings. The van der Waals surface area contributed by atoms with Crippen LogP contribution < -0.4 is 11.3 Å². The molecule has 1 unspecified atom stereocenters. The van der Waals surface area contributed by atoms with Gasteiger partial charge in [-0.2, -0.15) is 0 Å². The molecule has 0 fully saturated rings. The molecule has 2 heteroatoms. The second kappa shape index (κ2) is 4.94. The summed E-state index contributed by atoms with van der Waals surface area (Å²) in [5, 5.41) is 0. The van der Waals surface area contributed by atoms with Gasteiger partial charge >= 0.3 is 0 Å². The maximum absolute atomic E-state index is 5.53. The summed E-state index contributed by atoms with van der Waals surface area (Å²) >= 11 is 0. The van der Waals surface area contributed by atoms with Gasteiger partial charge in [-0.1, -0.05) is 29.8 Å². The van der Waals surface area contributed by atoms with Gasteiger partial charge in [0.25, 0.3) is 0 Å². The highest BCUT2D eigenvalue weighted by atomic mass is 15.2. The Bertz CT molecular complexity index is 318. The minimum atomic E-state index is 0.175.